The Morgan fingerprint density at radius 2 is 1.93 bits per heavy atom. The lowest BCUT2D eigenvalue weighted by Gasteiger charge is -2.35. The van der Waals surface area contributed by atoms with E-state index in [4.69, 9.17) is 16.1 Å². The zero-order chi connectivity index (χ0) is 30.9. The van der Waals surface area contributed by atoms with E-state index in [1.54, 1.807) is 6.20 Å². The molecule has 6 heterocycles. The van der Waals surface area contributed by atoms with Crippen LogP contribution >= 0.6 is 0 Å². The molecule has 9 nitrogen and oxygen atoms in total. The fourth-order valence-corrected chi connectivity index (χ4v) is 8.24. The van der Waals surface area contributed by atoms with Crippen LogP contribution in [0.4, 0.5) is 14.6 Å². The first-order valence-electron chi connectivity index (χ1n) is 15.7. The van der Waals surface area contributed by atoms with Crippen LogP contribution in [0, 0.1) is 24.0 Å². The number of anilines is 1. The molecular formula is C34H34F2N6O3. The van der Waals surface area contributed by atoms with Gasteiger partial charge in [0.05, 0.1) is 23.1 Å². The van der Waals surface area contributed by atoms with Gasteiger partial charge in [-0.1, -0.05) is 12.0 Å². The topological polar surface area (TPSA) is 107 Å². The van der Waals surface area contributed by atoms with Crippen LogP contribution in [0.2, 0.25) is 0 Å². The third kappa shape index (κ3) is 4.57. The first kappa shape index (κ1) is 28.4. The second kappa shape index (κ2) is 10.8. The van der Waals surface area contributed by atoms with Gasteiger partial charge in [0.1, 0.15) is 35.2 Å². The lowest BCUT2D eigenvalue weighted by molar-refractivity contribution is 0.0644. The minimum atomic E-state index is -0.736. The van der Waals surface area contributed by atoms with Gasteiger partial charge in [-0.05, 0) is 68.7 Å². The molecule has 45 heavy (non-hydrogen) atoms. The van der Waals surface area contributed by atoms with Crippen molar-refractivity contribution in [2.45, 2.75) is 62.2 Å². The highest BCUT2D eigenvalue weighted by atomic mass is 19.1. The molecule has 232 valence electrons. The number of aliphatic hydroxyl groups is 1. The Hall–Kier alpha value is -4.11. The molecule has 2 bridgehead atoms. The molecule has 3 N–H and O–H groups in total. The number of aromatic nitrogens is 3. The van der Waals surface area contributed by atoms with E-state index in [0.29, 0.717) is 48.4 Å². The van der Waals surface area contributed by atoms with Gasteiger partial charge in [0.2, 0.25) is 0 Å². The number of nitrogens with zero attached hydrogens (tertiary/aromatic N) is 5. The summed E-state index contributed by atoms with van der Waals surface area (Å²) in [5.41, 5.74) is -0.157. The molecule has 0 aliphatic carbocycles. The molecule has 4 aliphatic heterocycles. The van der Waals surface area contributed by atoms with Gasteiger partial charge in [0.15, 0.2) is 5.82 Å². The summed E-state index contributed by atoms with van der Waals surface area (Å²) in [7, 11) is 0. The smallest absolute Gasteiger partial charge is 0.319 e. The third-order valence-electron chi connectivity index (χ3n) is 10.3. The number of terminal acetylenes is 1. The second-order valence-corrected chi connectivity index (χ2v) is 12.9. The van der Waals surface area contributed by atoms with Crippen molar-refractivity contribution < 1.29 is 23.7 Å². The number of fused-ring (bicyclic) bond motifs is 5. The van der Waals surface area contributed by atoms with Gasteiger partial charge < -0.3 is 25.2 Å². The molecule has 0 radical (unpaired) electrons. The molecule has 0 spiro atoms. The van der Waals surface area contributed by atoms with E-state index in [-0.39, 0.29) is 57.7 Å². The minimum absolute atomic E-state index is 0.0291. The molecule has 4 saturated heterocycles. The molecule has 4 atom stereocenters. The molecule has 0 saturated carbocycles. The highest BCUT2D eigenvalue weighted by molar-refractivity contribution is 6.03. The number of nitrogens with one attached hydrogen (secondary N) is 1. The van der Waals surface area contributed by atoms with Crippen LogP contribution in [0.3, 0.4) is 0 Å². The number of halogens is 2. The summed E-state index contributed by atoms with van der Waals surface area (Å²) >= 11 is 0. The van der Waals surface area contributed by atoms with E-state index in [1.807, 2.05) is 0 Å². The van der Waals surface area contributed by atoms with E-state index in [1.165, 1.54) is 24.3 Å². The highest BCUT2D eigenvalue weighted by Crippen LogP contribution is 2.43. The molecule has 11 heteroatoms. The lowest BCUT2D eigenvalue weighted by Crippen LogP contribution is -2.51. The zero-order valence-corrected chi connectivity index (χ0v) is 24.8. The molecule has 2 unspecified atom stereocenters. The third-order valence-corrected chi connectivity index (χ3v) is 10.3. The van der Waals surface area contributed by atoms with Crippen molar-refractivity contribution in [3.8, 4) is 35.4 Å². The van der Waals surface area contributed by atoms with E-state index in [9.17, 15) is 14.6 Å². The molecule has 8 rings (SSSR count). The Labute approximate surface area is 259 Å². The Morgan fingerprint density at radius 1 is 1.11 bits per heavy atom. The SMILES string of the molecule is C#Cc1c(F)ccc2cc(O)cc(-c3ncc4c(N5CC6CCC(C5)N6)nc(OC[C@@]56CCCN5[C@H](CO)CC6)nc4c3F)c12. The number of benzene rings is 2. The standard InChI is InChI=1S/C34H34F2N6O3/c1-2-24-27(35)7-4-19-12-23(44)13-25(28(19)24)30-29(36)31-26(14-37-30)32(41-15-20-5-6-21(16-41)38-20)40-33(39-31)45-18-34-9-3-11-42(34)22(17-43)8-10-34/h1,4,7,12-14,20-22,38,43-44H,3,5-6,8-11,15-18H2/t20?,21?,22-,34-/m0/s1. The number of phenols is 1. The Balaban J connectivity index is 1.26. The minimum Gasteiger partial charge on any atom is -0.508 e. The van der Waals surface area contributed by atoms with Gasteiger partial charge in [-0.3, -0.25) is 9.88 Å². The largest absolute Gasteiger partial charge is 0.508 e. The van der Waals surface area contributed by atoms with Gasteiger partial charge in [0.25, 0.3) is 0 Å². The predicted molar refractivity (Wildman–Crippen MR) is 166 cm³/mol. The molecule has 2 aromatic heterocycles. The van der Waals surface area contributed by atoms with E-state index in [0.717, 1.165) is 45.1 Å². The predicted octanol–water partition coefficient (Wildman–Crippen LogP) is 4.12. The van der Waals surface area contributed by atoms with Gasteiger partial charge >= 0.3 is 6.01 Å². The number of phenolic OH excluding ortho intramolecular Hbond substituents is 1. The van der Waals surface area contributed by atoms with Crippen LogP contribution in [0.1, 0.15) is 44.1 Å². The van der Waals surface area contributed by atoms with Crippen molar-refractivity contribution >= 4 is 27.5 Å². The fraction of sp³-hybridized carbons (Fsp3) is 0.441. The maximum atomic E-state index is 16.8. The molecule has 4 aromatic rings. The average Bonchev–Trinajstić information content (AvgIpc) is 3.72. The number of ether oxygens (including phenoxy) is 1. The van der Waals surface area contributed by atoms with Crippen LogP contribution < -0.4 is 15.0 Å². The maximum absolute atomic E-state index is 16.8. The van der Waals surface area contributed by atoms with Crippen LogP contribution in [-0.4, -0.2) is 86.6 Å². The van der Waals surface area contributed by atoms with Gasteiger partial charge in [0, 0.05) is 48.4 Å². The Kier molecular flexibility index (Phi) is 6.78. The van der Waals surface area contributed by atoms with E-state index in [2.05, 4.69) is 31.0 Å². The van der Waals surface area contributed by atoms with Crippen LogP contribution in [0.5, 0.6) is 11.8 Å². The number of aromatic hydroxyl groups is 1. The normalized spacial score (nSPS) is 26.1. The summed E-state index contributed by atoms with van der Waals surface area (Å²) in [4.78, 5) is 18.5. The lowest BCUT2D eigenvalue weighted by atomic mass is 9.95. The summed E-state index contributed by atoms with van der Waals surface area (Å²) < 4.78 is 38.0. The van der Waals surface area contributed by atoms with E-state index < -0.39 is 11.6 Å². The summed E-state index contributed by atoms with van der Waals surface area (Å²) in [6.45, 7) is 2.78. The van der Waals surface area contributed by atoms with Crippen molar-refractivity contribution in [2.24, 2.45) is 0 Å². The number of rotatable bonds is 6. The first-order chi connectivity index (χ1) is 21.9. The fourth-order valence-electron chi connectivity index (χ4n) is 8.24. The Bertz CT molecular complexity index is 1870. The molecule has 4 aliphatic rings. The zero-order valence-electron chi connectivity index (χ0n) is 24.8. The van der Waals surface area contributed by atoms with Gasteiger partial charge in [-0.15, -0.1) is 6.42 Å². The number of aliphatic hydroxyl groups excluding tert-OH is 1. The maximum Gasteiger partial charge on any atom is 0.319 e. The molecule has 4 fully saturated rings. The monoisotopic (exact) mass is 612 g/mol. The van der Waals surface area contributed by atoms with Gasteiger partial charge in [-0.2, -0.15) is 9.97 Å². The molecular weight excluding hydrogens is 578 g/mol. The van der Waals surface area contributed by atoms with Crippen molar-refractivity contribution in [1.29, 1.82) is 0 Å². The van der Waals surface area contributed by atoms with E-state index >= 15 is 4.39 Å². The van der Waals surface area contributed by atoms with Crippen LogP contribution in [-0.2, 0) is 0 Å². The van der Waals surface area contributed by atoms with Crippen LogP contribution in [0.15, 0.2) is 30.5 Å². The molecule has 0 amide bonds. The summed E-state index contributed by atoms with van der Waals surface area (Å²) in [6.07, 6.45) is 13.1. The summed E-state index contributed by atoms with van der Waals surface area (Å²) in [5.74, 6) is 1.45. The first-order valence-corrected chi connectivity index (χ1v) is 15.7. The number of hydrogen-bond donors (Lipinski definition) is 3. The molecule has 2 aromatic carbocycles. The number of piperazine rings is 1. The van der Waals surface area contributed by atoms with Crippen molar-refractivity contribution in [3.63, 3.8) is 0 Å². The summed E-state index contributed by atoms with van der Waals surface area (Å²) in [5, 5.41) is 25.3. The average molecular weight is 613 g/mol. The highest BCUT2D eigenvalue weighted by Gasteiger charge is 2.49. The summed E-state index contributed by atoms with van der Waals surface area (Å²) in [6, 6.07) is 6.33. The quantitative estimate of drug-likeness (QED) is 0.277. The number of hydrogen-bond acceptors (Lipinski definition) is 9. The second-order valence-electron chi connectivity index (χ2n) is 12.9. The number of pyridine rings is 1. The van der Waals surface area contributed by atoms with Crippen molar-refractivity contribution in [2.75, 3.05) is 37.7 Å². The van der Waals surface area contributed by atoms with Crippen molar-refractivity contribution in [1.82, 2.24) is 25.2 Å². The van der Waals surface area contributed by atoms with Crippen molar-refractivity contribution in [3.05, 3.63) is 47.7 Å². The van der Waals surface area contributed by atoms with Crippen LogP contribution in [0.25, 0.3) is 32.9 Å². The Morgan fingerprint density at radius 3 is 2.71 bits per heavy atom. The van der Waals surface area contributed by atoms with Gasteiger partial charge in [-0.25, -0.2) is 8.78 Å².